The van der Waals surface area contributed by atoms with Crippen molar-refractivity contribution in [1.29, 1.82) is 0 Å². The Balaban J connectivity index is 1.28. The second-order valence-corrected chi connectivity index (χ2v) is 11.4. The summed E-state index contributed by atoms with van der Waals surface area (Å²) in [5, 5.41) is 1.05. The normalized spacial score (nSPS) is 19.3. The molecule has 0 saturated carbocycles. The summed E-state index contributed by atoms with van der Waals surface area (Å²) in [5.41, 5.74) is 1.13. The van der Waals surface area contributed by atoms with E-state index in [9.17, 15) is 8.42 Å². The van der Waals surface area contributed by atoms with Crippen LogP contribution in [0.4, 0.5) is 16.8 Å². The molecule has 4 rings (SSSR count). The van der Waals surface area contributed by atoms with E-state index in [1.54, 1.807) is 12.1 Å². The zero-order valence-electron chi connectivity index (χ0n) is 18.0. The quantitative estimate of drug-likeness (QED) is 0.694. The zero-order chi connectivity index (χ0) is 21.3. The van der Waals surface area contributed by atoms with Gasteiger partial charge >= 0.3 is 0 Å². The van der Waals surface area contributed by atoms with Crippen LogP contribution in [0.3, 0.4) is 0 Å². The van der Waals surface area contributed by atoms with Crippen molar-refractivity contribution in [2.24, 2.45) is 11.8 Å². The Morgan fingerprint density at radius 3 is 1.93 bits per heavy atom. The minimum atomic E-state index is -3.13. The first kappa shape index (κ1) is 21.4. The highest BCUT2D eigenvalue weighted by molar-refractivity contribution is 7.90. The van der Waals surface area contributed by atoms with Gasteiger partial charge in [-0.25, -0.2) is 8.42 Å². The molecule has 0 radical (unpaired) electrons. The van der Waals surface area contributed by atoms with Gasteiger partial charge in [0.15, 0.2) is 9.84 Å². The van der Waals surface area contributed by atoms with Crippen molar-refractivity contribution >= 4 is 38.1 Å². The van der Waals surface area contributed by atoms with Crippen LogP contribution in [0.1, 0.15) is 25.7 Å². The van der Waals surface area contributed by atoms with E-state index in [2.05, 4.69) is 19.2 Å². The third-order valence-electron chi connectivity index (χ3n) is 6.45. The molecule has 1 aromatic carbocycles. The van der Waals surface area contributed by atoms with E-state index in [1.807, 2.05) is 31.1 Å². The predicted octanol–water partition coefficient (Wildman–Crippen LogP) is 3.14. The fourth-order valence-corrected chi connectivity index (χ4v) is 6.03. The van der Waals surface area contributed by atoms with E-state index in [4.69, 9.17) is 0 Å². The zero-order valence-corrected chi connectivity index (χ0v) is 19.6. The first-order valence-corrected chi connectivity index (χ1v) is 13.3. The third kappa shape index (κ3) is 4.72. The highest BCUT2D eigenvalue weighted by atomic mass is 32.2. The third-order valence-corrected chi connectivity index (χ3v) is 8.35. The van der Waals surface area contributed by atoms with Crippen molar-refractivity contribution in [2.45, 2.75) is 30.6 Å². The second kappa shape index (κ2) is 8.70. The molecular formula is C21H31N5O2S2. The van der Waals surface area contributed by atoms with Crippen LogP contribution in [0.5, 0.6) is 0 Å². The summed E-state index contributed by atoms with van der Waals surface area (Å²) in [6, 6.07) is 7.34. The number of nitrogens with zero attached hydrogens (tertiary/aromatic N) is 5. The maximum Gasteiger partial charge on any atom is 0.238 e. The molecule has 0 N–H and O–H groups in total. The van der Waals surface area contributed by atoms with Gasteiger partial charge in [-0.3, -0.25) is 0 Å². The summed E-state index contributed by atoms with van der Waals surface area (Å²) in [4.78, 5) is 11.8. The molecule has 0 atom stereocenters. The maximum atomic E-state index is 11.7. The Bertz CT molecular complexity index is 942. The van der Waals surface area contributed by atoms with Crippen molar-refractivity contribution in [2.75, 3.05) is 61.2 Å². The van der Waals surface area contributed by atoms with Crippen LogP contribution in [0.25, 0.3) is 0 Å². The molecule has 9 heteroatoms. The van der Waals surface area contributed by atoms with E-state index in [0.717, 1.165) is 54.8 Å². The lowest BCUT2D eigenvalue weighted by Crippen LogP contribution is -2.41. The standard InChI is InChI=1S/C21H31N5O2S2/c1-24(2)20-22-21(29-23-20)26-14-10-17(11-15-26)16-8-12-25(13-9-16)18-4-6-19(7-5-18)30(3,27)28/h4-7,16-17H,8-15H2,1-3H3. The topological polar surface area (TPSA) is 69.6 Å². The summed E-state index contributed by atoms with van der Waals surface area (Å²) in [6.07, 6.45) is 6.13. The van der Waals surface area contributed by atoms with Gasteiger partial charge in [0, 0.05) is 63.8 Å². The van der Waals surface area contributed by atoms with Crippen molar-refractivity contribution in [1.82, 2.24) is 9.36 Å². The Morgan fingerprint density at radius 1 is 0.933 bits per heavy atom. The van der Waals surface area contributed by atoms with Crippen molar-refractivity contribution in [3.05, 3.63) is 24.3 Å². The first-order valence-electron chi connectivity index (χ1n) is 10.6. The Labute approximate surface area is 183 Å². The molecule has 0 amide bonds. The van der Waals surface area contributed by atoms with Gasteiger partial charge in [0.1, 0.15) is 0 Å². The molecule has 7 nitrogen and oxygen atoms in total. The molecule has 3 heterocycles. The Kier molecular flexibility index (Phi) is 6.20. The fraction of sp³-hybridized carbons (Fsp3) is 0.619. The van der Waals surface area contributed by atoms with E-state index in [1.165, 1.54) is 43.5 Å². The van der Waals surface area contributed by atoms with Crippen LogP contribution in [0.15, 0.2) is 29.2 Å². The first-order chi connectivity index (χ1) is 14.3. The van der Waals surface area contributed by atoms with Crippen LogP contribution in [-0.2, 0) is 9.84 Å². The lowest BCUT2D eigenvalue weighted by molar-refractivity contribution is 0.233. The summed E-state index contributed by atoms with van der Waals surface area (Å²) < 4.78 is 27.7. The Hall–Kier alpha value is -1.87. The van der Waals surface area contributed by atoms with E-state index in [0.29, 0.717) is 4.90 Å². The minimum Gasteiger partial charge on any atom is -0.372 e. The van der Waals surface area contributed by atoms with Crippen molar-refractivity contribution in [3.8, 4) is 0 Å². The van der Waals surface area contributed by atoms with Gasteiger partial charge in [0.25, 0.3) is 0 Å². The van der Waals surface area contributed by atoms with Crippen LogP contribution >= 0.6 is 11.5 Å². The molecule has 30 heavy (non-hydrogen) atoms. The molecule has 0 bridgehead atoms. The smallest absolute Gasteiger partial charge is 0.238 e. The van der Waals surface area contributed by atoms with E-state index in [-0.39, 0.29) is 0 Å². The Morgan fingerprint density at radius 2 is 1.47 bits per heavy atom. The largest absolute Gasteiger partial charge is 0.372 e. The number of hydrogen-bond acceptors (Lipinski definition) is 8. The van der Waals surface area contributed by atoms with Crippen LogP contribution in [0, 0.1) is 11.8 Å². The number of sulfone groups is 1. The van der Waals surface area contributed by atoms with Gasteiger partial charge in [-0.15, -0.1) is 0 Å². The number of piperidine rings is 2. The molecule has 0 unspecified atom stereocenters. The van der Waals surface area contributed by atoms with Crippen LogP contribution < -0.4 is 14.7 Å². The van der Waals surface area contributed by atoms with Gasteiger partial charge in [0.05, 0.1) is 4.90 Å². The second-order valence-electron chi connectivity index (χ2n) is 8.69. The average Bonchev–Trinajstić information content (AvgIpc) is 3.24. The van der Waals surface area contributed by atoms with Gasteiger partial charge in [0.2, 0.25) is 11.1 Å². The fourth-order valence-electron chi connectivity index (χ4n) is 4.61. The molecule has 0 spiro atoms. The van der Waals surface area contributed by atoms with Gasteiger partial charge in [-0.05, 0) is 61.8 Å². The number of aromatic nitrogens is 2. The molecule has 2 fully saturated rings. The number of anilines is 3. The number of benzene rings is 1. The monoisotopic (exact) mass is 449 g/mol. The molecule has 164 valence electrons. The minimum absolute atomic E-state index is 0.390. The van der Waals surface area contributed by atoms with Gasteiger partial charge in [-0.1, -0.05) is 0 Å². The van der Waals surface area contributed by atoms with Gasteiger partial charge < -0.3 is 14.7 Å². The summed E-state index contributed by atoms with van der Waals surface area (Å²) in [6.45, 7) is 4.23. The van der Waals surface area contributed by atoms with Gasteiger partial charge in [-0.2, -0.15) is 9.36 Å². The predicted molar refractivity (Wildman–Crippen MR) is 124 cm³/mol. The molecule has 2 saturated heterocycles. The summed E-state index contributed by atoms with van der Waals surface area (Å²) in [5.74, 6) is 2.37. The SMILES string of the molecule is CN(C)c1nsc(N2CCC(C3CCN(c4ccc(S(C)(=O)=O)cc4)CC3)CC2)n1. The molecule has 2 aliphatic heterocycles. The van der Waals surface area contributed by atoms with Crippen LogP contribution in [0.2, 0.25) is 0 Å². The molecule has 2 aliphatic rings. The van der Waals surface area contributed by atoms with Crippen LogP contribution in [-0.4, -0.2) is 64.3 Å². The average molecular weight is 450 g/mol. The van der Waals surface area contributed by atoms with Crippen molar-refractivity contribution < 1.29 is 8.42 Å². The molecule has 0 aliphatic carbocycles. The lowest BCUT2D eigenvalue weighted by atomic mass is 9.79. The highest BCUT2D eigenvalue weighted by Gasteiger charge is 2.30. The lowest BCUT2D eigenvalue weighted by Gasteiger charge is -2.40. The summed E-state index contributed by atoms with van der Waals surface area (Å²) >= 11 is 1.50. The highest BCUT2D eigenvalue weighted by Crippen LogP contribution is 2.35. The molecule has 2 aromatic rings. The van der Waals surface area contributed by atoms with E-state index < -0.39 is 9.84 Å². The summed E-state index contributed by atoms with van der Waals surface area (Å²) in [7, 11) is 0.820. The molecular weight excluding hydrogens is 418 g/mol. The maximum absolute atomic E-state index is 11.7. The molecule has 1 aromatic heterocycles. The number of rotatable bonds is 5. The number of hydrogen-bond donors (Lipinski definition) is 0. The van der Waals surface area contributed by atoms with E-state index >= 15 is 0 Å². The van der Waals surface area contributed by atoms with Crippen molar-refractivity contribution in [3.63, 3.8) is 0 Å².